The molecule has 9 nitrogen and oxygen atoms in total. The molecule has 0 bridgehead atoms. The van der Waals surface area contributed by atoms with Crippen LogP contribution in [0.5, 0.6) is 5.75 Å². The molecule has 1 aliphatic heterocycles. The number of nitrogens with zero attached hydrogens (tertiary/aromatic N) is 2. The average Bonchev–Trinajstić information content (AvgIpc) is 2.65. The van der Waals surface area contributed by atoms with Crippen molar-refractivity contribution in [1.29, 1.82) is 0 Å². The predicted octanol–water partition coefficient (Wildman–Crippen LogP) is 2.92. The number of hydrogen-bond donors (Lipinski definition) is 1. The molecule has 2 aromatic carbocycles. The molecule has 0 radical (unpaired) electrons. The molecule has 28 heavy (non-hydrogen) atoms. The van der Waals surface area contributed by atoms with E-state index in [1.807, 2.05) is 5.32 Å². The minimum atomic E-state index is -1.01. The van der Waals surface area contributed by atoms with Gasteiger partial charge in [0.1, 0.15) is 11.3 Å². The Bertz CT molecular complexity index is 1050. The number of methoxy groups -OCH3 is 1. The number of carbonyl (C=O) groups is 3. The lowest BCUT2D eigenvalue weighted by Crippen LogP contribution is -2.54. The Labute approximate surface area is 163 Å². The lowest BCUT2D eigenvalue weighted by Gasteiger charge is -2.26. The van der Waals surface area contributed by atoms with Crippen molar-refractivity contribution in [3.63, 3.8) is 0 Å². The summed E-state index contributed by atoms with van der Waals surface area (Å²) in [5, 5.41) is 13.4. The molecule has 1 saturated heterocycles. The van der Waals surface area contributed by atoms with Gasteiger partial charge in [-0.25, -0.2) is 9.69 Å². The third kappa shape index (κ3) is 3.55. The molecular weight excluding hydrogens is 390 g/mol. The molecule has 1 fully saturated rings. The van der Waals surface area contributed by atoms with Crippen LogP contribution in [0.3, 0.4) is 0 Å². The number of hydrogen-bond acceptors (Lipinski definition) is 6. The van der Waals surface area contributed by atoms with Gasteiger partial charge in [0.15, 0.2) is 0 Å². The first-order chi connectivity index (χ1) is 13.3. The first-order valence-electron chi connectivity index (χ1n) is 7.81. The minimum Gasteiger partial charge on any atom is -0.496 e. The normalized spacial score (nSPS) is 15.6. The summed E-state index contributed by atoms with van der Waals surface area (Å²) >= 11 is 5.96. The number of halogens is 1. The molecule has 1 N–H and O–H groups in total. The van der Waals surface area contributed by atoms with Crippen molar-refractivity contribution in [2.24, 2.45) is 0 Å². The van der Waals surface area contributed by atoms with Gasteiger partial charge in [0, 0.05) is 22.7 Å². The highest BCUT2D eigenvalue weighted by atomic mass is 35.5. The number of anilines is 1. The van der Waals surface area contributed by atoms with E-state index in [0.717, 1.165) is 6.07 Å². The second-order valence-corrected chi connectivity index (χ2v) is 6.06. The molecule has 0 aromatic heterocycles. The molecule has 1 heterocycles. The second kappa shape index (κ2) is 7.49. The summed E-state index contributed by atoms with van der Waals surface area (Å²) in [5.74, 6) is -1.48. The van der Waals surface area contributed by atoms with Gasteiger partial charge in [-0.15, -0.1) is 0 Å². The number of non-ortho nitro benzene ring substituents is 1. The maximum atomic E-state index is 12.8. The Kier molecular flexibility index (Phi) is 5.10. The molecule has 142 valence electrons. The number of nitrogens with one attached hydrogen (secondary N) is 1. The standard InChI is InChI=1S/C18H12ClN3O6/c1-28-15-6-5-11(19)7-10(15)8-14-16(23)20-18(25)21(17(14)24)12-3-2-4-13(9-12)22(26)27/h2-9H,1H3,(H,20,23,25)/b14-8-. The topological polar surface area (TPSA) is 119 Å². The third-order valence-electron chi connectivity index (χ3n) is 3.89. The summed E-state index contributed by atoms with van der Waals surface area (Å²) in [6, 6.07) is 8.56. The number of nitro benzene ring substituents is 1. The van der Waals surface area contributed by atoms with Crippen molar-refractivity contribution < 1.29 is 24.0 Å². The van der Waals surface area contributed by atoms with E-state index in [0.29, 0.717) is 21.2 Å². The molecule has 0 atom stereocenters. The fourth-order valence-electron chi connectivity index (χ4n) is 2.61. The van der Waals surface area contributed by atoms with Gasteiger partial charge in [0.25, 0.3) is 17.5 Å². The summed E-state index contributed by atoms with van der Waals surface area (Å²) in [7, 11) is 1.41. The number of nitro groups is 1. The average molecular weight is 402 g/mol. The highest BCUT2D eigenvalue weighted by Crippen LogP contribution is 2.28. The monoisotopic (exact) mass is 401 g/mol. The van der Waals surface area contributed by atoms with Gasteiger partial charge < -0.3 is 4.74 Å². The second-order valence-electron chi connectivity index (χ2n) is 5.62. The number of carbonyl (C=O) groups excluding carboxylic acids is 3. The van der Waals surface area contributed by atoms with E-state index >= 15 is 0 Å². The molecule has 2 aromatic rings. The van der Waals surface area contributed by atoms with Gasteiger partial charge in [0.05, 0.1) is 17.7 Å². The van der Waals surface area contributed by atoms with Crippen LogP contribution in [-0.2, 0) is 9.59 Å². The number of rotatable bonds is 4. The first-order valence-corrected chi connectivity index (χ1v) is 8.19. The van der Waals surface area contributed by atoms with Gasteiger partial charge in [-0.2, -0.15) is 0 Å². The Hall–Kier alpha value is -3.72. The summed E-state index contributed by atoms with van der Waals surface area (Å²) in [6.07, 6.45) is 1.24. The van der Waals surface area contributed by atoms with Gasteiger partial charge in [-0.05, 0) is 30.3 Å². The molecule has 0 unspecified atom stereocenters. The molecule has 4 amide bonds. The van der Waals surface area contributed by atoms with Crippen molar-refractivity contribution in [2.45, 2.75) is 0 Å². The van der Waals surface area contributed by atoms with Crippen molar-refractivity contribution >= 4 is 46.9 Å². The van der Waals surface area contributed by atoms with Crippen LogP contribution in [0.25, 0.3) is 6.08 Å². The molecule has 0 saturated carbocycles. The van der Waals surface area contributed by atoms with E-state index < -0.39 is 22.8 Å². The van der Waals surface area contributed by atoms with Gasteiger partial charge in [-0.3, -0.25) is 25.0 Å². The van der Waals surface area contributed by atoms with E-state index in [9.17, 15) is 24.5 Å². The van der Waals surface area contributed by atoms with Crippen LogP contribution in [-0.4, -0.2) is 29.9 Å². The smallest absolute Gasteiger partial charge is 0.335 e. The van der Waals surface area contributed by atoms with Crippen LogP contribution >= 0.6 is 11.6 Å². The van der Waals surface area contributed by atoms with Crippen LogP contribution in [0.1, 0.15) is 5.56 Å². The van der Waals surface area contributed by atoms with E-state index in [1.165, 1.54) is 37.5 Å². The Morgan fingerprint density at radius 3 is 2.61 bits per heavy atom. The summed E-state index contributed by atoms with van der Waals surface area (Å²) in [5.41, 5.74) is -0.362. The number of barbiturate groups is 1. The van der Waals surface area contributed by atoms with Crippen molar-refractivity contribution in [2.75, 3.05) is 12.0 Å². The van der Waals surface area contributed by atoms with Crippen molar-refractivity contribution in [1.82, 2.24) is 5.32 Å². The van der Waals surface area contributed by atoms with Crippen LogP contribution in [0.15, 0.2) is 48.0 Å². The Morgan fingerprint density at radius 1 is 1.18 bits per heavy atom. The van der Waals surface area contributed by atoms with Gasteiger partial charge in [0.2, 0.25) is 0 Å². The summed E-state index contributed by atoms with van der Waals surface area (Å²) < 4.78 is 5.19. The maximum absolute atomic E-state index is 12.8. The predicted molar refractivity (Wildman–Crippen MR) is 100 cm³/mol. The lowest BCUT2D eigenvalue weighted by atomic mass is 10.1. The number of ether oxygens (including phenoxy) is 1. The van der Waals surface area contributed by atoms with E-state index in [2.05, 4.69) is 0 Å². The maximum Gasteiger partial charge on any atom is 0.335 e. The van der Waals surface area contributed by atoms with Gasteiger partial charge in [-0.1, -0.05) is 17.7 Å². The van der Waals surface area contributed by atoms with Gasteiger partial charge >= 0.3 is 6.03 Å². The molecular formula is C18H12ClN3O6. The van der Waals surface area contributed by atoms with Crippen molar-refractivity contribution in [3.05, 3.63) is 68.7 Å². The number of benzene rings is 2. The third-order valence-corrected chi connectivity index (χ3v) is 4.13. The molecule has 10 heteroatoms. The molecule has 1 aliphatic rings. The zero-order valence-corrected chi connectivity index (χ0v) is 15.1. The lowest BCUT2D eigenvalue weighted by molar-refractivity contribution is -0.384. The highest BCUT2D eigenvalue weighted by Gasteiger charge is 2.37. The molecule has 3 rings (SSSR count). The largest absolute Gasteiger partial charge is 0.496 e. The minimum absolute atomic E-state index is 0.0480. The number of amides is 4. The first kappa shape index (κ1) is 19.1. The zero-order chi connectivity index (χ0) is 20.4. The van der Waals surface area contributed by atoms with Crippen LogP contribution < -0.4 is 15.0 Å². The zero-order valence-electron chi connectivity index (χ0n) is 14.3. The summed E-state index contributed by atoms with van der Waals surface area (Å²) in [4.78, 5) is 48.2. The van der Waals surface area contributed by atoms with Crippen LogP contribution in [0.2, 0.25) is 5.02 Å². The van der Waals surface area contributed by atoms with E-state index in [1.54, 1.807) is 12.1 Å². The fourth-order valence-corrected chi connectivity index (χ4v) is 2.79. The Morgan fingerprint density at radius 2 is 1.93 bits per heavy atom. The fraction of sp³-hybridized carbons (Fsp3) is 0.0556. The molecule has 0 aliphatic carbocycles. The summed E-state index contributed by atoms with van der Waals surface area (Å²) in [6.45, 7) is 0. The van der Waals surface area contributed by atoms with Crippen LogP contribution in [0, 0.1) is 10.1 Å². The van der Waals surface area contributed by atoms with E-state index in [4.69, 9.17) is 16.3 Å². The number of urea groups is 1. The quantitative estimate of drug-likeness (QED) is 0.364. The number of imide groups is 2. The highest BCUT2D eigenvalue weighted by molar-refractivity contribution is 6.39. The molecule has 0 spiro atoms. The SMILES string of the molecule is COc1ccc(Cl)cc1/C=C1/C(=O)NC(=O)N(c2cccc([N+](=O)[O-])c2)C1=O. The van der Waals surface area contributed by atoms with Crippen molar-refractivity contribution in [3.8, 4) is 5.75 Å². The van der Waals surface area contributed by atoms with Crippen LogP contribution in [0.4, 0.5) is 16.2 Å². The van der Waals surface area contributed by atoms with E-state index in [-0.39, 0.29) is 16.9 Å². The Balaban J connectivity index is 2.07.